The molecule has 3 unspecified atom stereocenters. The van der Waals surface area contributed by atoms with Gasteiger partial charge in [-0.15, -0.1) is 0 Å². The fourth-order valence-electron chi connectivity index (χ4n) is 3.46. The summed E-state index contributed by atoms with van der Waals surface area (Å²) in [5.41, 5.74) is 0.543. The SMILES string of the molecule is COc1ccc(C(=O)NC2COC(CN3CCC(C)CC3)C2O)cc1. The highest BCUT2D eigenvalue weighted by Gasteiger charge is 2.38. The van der Waals surface area contributed by atoms with Crippen molar-refractivity contribution < 1.29 is 19.4 Å². The van der Waals surface area contributed by atoms with Crippen molar-refractivity contribution in [3.63, 3.8) is 0 Å². The number of methoxy groups -OCH3 is 1. The van der Waals surface area contributed by atoms with Crippen LogP contribution in [0, 0.1) is 5.92 Å². The zero-order valence-corrected chi connectivity index (χ0v) is 15.0. The summed E-state index contributed by atoms with van der Waals surface area (Å²) in [6, 6.07) is 6.54. The smallest absolute Gasteiger partial charge is 0.251 e. The normalized spacial score (nSPS) is 28.0. The second-order valence-corrected chi connectivity index (χ2v) is 7.15. The Bertz CT molecular complexity index is 569. The minimum absolute atomic E-state index is 0.206. The van der Waals surface area contributed by atoms with Gasteiger partial charge in [-0.05, 0) is 56.1 Å². The first-order valence-corrected chi connectivity index (χ1v) is 9.03. The van der Waals surface area contributed by atoms with E-state index in [0.29, 0.717) is 17.9 Å². The number of carbonyl (C=O) groups excluding carboxylic acids is 1. The summed E-state index contributed by atoms with van der Waals surface area (Å²) < 4.78 is 10.9. The molecule has 1 aromatic carbocycles. The maximum Gasteiger partial charge on any atom is 0.251 e. The van der Waals surface area contributed by atoms with Crippen LogP contribution in [0.1, 0.15) is 30.1 Å². The second-order valence-electron chi connectivity index (χ2n) is 7.15. The largest absolute Gasteiger partial charge is 0.497 e. The summed E-state index contributed by atoms with van der Waals surface area (Å²) in [7, 11) is 1.59. The van der Waals surface area contributed by atoms with Gasteiger partial charge in [-0.2, -0.15) is 0 Å². The van der Waals surface area contributed by atoms with Crippen LogP contribution in [0.3, 0.4) is 0 Å². The number of ether oxygens (including phenoxy) is 2. The van der Waals surface area contributed by atoms with Crippen LogP contribution < -0.4 is 10.1 Å². The molecule has 138 valence electrons. The molecule has 2 saturated heterocycles. The van der Waals surface area contributed by atoms with Crippen molar-refractivity contribution in [2.75, 3.05) is 33.4 Å². The van der Waals surface area contributed by atoms with Gasteiger partial charge < -0.3 is 24.8 Å². The Balaban J connectivity index is 1.51. The minimum Gasteiger partial charge on any atom is -0.497 e. The maximum atomic E-state index is 12.3. The lowest BCUT2D eigenvalue weighted by molar-refractivity contribution is 0.00864. The summed E-state index contributed by atoms with van der Waals surface area (Å²) >= 11 is 0. The number of piperidine rings is 1. The zero-order chi connectivity index (χ0) is 17.8. The Morgan fingerprint density at radius 1 is 1.32 bits per heavy atom. The predicted octanol–water partition coefficient (Wildman–Crippen LogP) is 1.29. The van der Waals surface area contributed by atoms with Crippen LogP contribution in [0.4, 0.5) is 0 Å². The molecule has 0 aromatic heterocycles. The fraction of sp³-hybridized carbons (Fsp3) is 0.632. The van der Waals surface area contributed by atoms with Crippen molar-refractivity contribution in [3.8, 4) is 5.75 Å². The zero-order valence-electron chi connectivity index (χ0n) is 15.0. The molecule has 2 heterocycles. The predicted molar refractivity (Wildman–Crippen MR) is 94.8 cm³/mol. The number of nitrogens with zero attached hydrogens (tertiary/aromatic N) is 1. The van der Waals surface area contributed by atoms with E-state index in [9.17, 15) is 9.90 Å². The molecule has 6 heteroatoms. The first kappa shape index (κ1) is 18.2. The number of hydrogen-bond acceptors (Lipinski definition) is 5. The number of hydrogen-bond donors (Lipinski definition) is 2. The number of likely N-dealkylation sites (tertiary alicyclic amines) is 1. The average molecular weight is 348 g/mol. The van der Waals surface area contributed by atoms with Crippen LogP contribution in [0.5, 0.6) is 5.75 Å². The molecular weight excluding hydrogens is 320 g/mol. The van der Waals surface area contributed by atoms with Crippen molar-refractivity contribution in [1.82, 2.24) is 10.2 Å². The fourth-order valence-corrected chi connectivity index (χ4v) is 3.46. The standard InChI is InChI=1S/C19H28N2O4/c1-13-7-9-21(10-8-13)11-17-18(22)16(12-25-17)20-19(23)14-3-5-15(24-2)6-4-14/h3-6,13,16-18,22H,7-12H2,1-2H3,(H,20,23). The van der Waals surface area contributed by atoms with Crippen LogP contribution >= 0.6 is 0 Å². The van der Waals surface area contributed by atoms with Crippen LogP contribution in [-0.4, -0.2) is 67.5 Å². The molecular formula is C19H28N2O4. The molecule has 2 aliphatic heterocycles. The van der Waals surface area contributed by atoms with E-state index >= 15 is 0 Å². The van der Waals surface area contributed by atoms with E-state index in [2.05, 4.69) is 17.1 Å². The van der Waals surface area contributed by atoms with Gasteiger partial charge in [0.25, 0.3) is 5.91 Å². The molecule has 0 spiro atoms. The van der Waals surface area contributed by atoms with Gasteiger partial charge in [0.2, 0.25) is 0 Å². The second kappa shape index (κ2) is 8.17. The third-order valence-corrected chi connectivity index (χ3v) is 5.27. The van der Waals surface area contributed by atoms with Crippen molar-refractivity contribution >= 4 is 5.91 Å². The molecule has 2 aliphatic rings. The molecule has 3 atom stereocenters. The van der Waals surface area contributed by atoms with E-state index in [1.807, 2.05) is 0 Å². The average Bonchev–Trinajstić information content (AvgIpc) is 2.97. The lowest BCUT2D eigenvalue weighted by atomic mass is 9.98. The van der Waals surface area contributed by atoms with Gasteiger partial charge in [0.05, 0.1) is 25.9 Å². The molecule has 2 fully saturated rings. The van der Waals surface area contributed by atoms with E-state index in [4.69, 9.17) is 9.47 Å². The van der Waals surface area contributed by atoms with Crippen molar-refractivity contribution in [2.45, 2.75) is 38.0 Å². The van der Waals surface area contributed by atoms with E-state index in [-0.39, 0.29) is 18.1 Å². The van der Waals surface area contributed by atoms with Gasteiger partial charge in [-0.1, -0.05) is 6.92 Å². The summed E-state index contributed by atoms with van der Waals surface area (Å²) in [4.78, 5) is 14.7. The number of aliphatic hydroxyl groups excluding tert-OH is 1. The van der Waals surface area contributed by atoms with Gasteiger partial charge >= 0.3 is 0 Å². The maximum absolute atomic E-state index is 12.3. The lowest BCUT2D eigenvalue weighted by Crippen LogP contribution is -2.47. The van der Waals surface area contributed by atoms with Crippen LogP contribution in [-0.2, 0) is 4.74 Å². The quantitative estimate of drug-likeness (QED) is 0.839. The molecule has 0 saturated carbocycles. The molecule has 1 aromatic rings. The molecule has 25 heavy (non-hydrogen) atoms. The molecule has 6 nitrogen and oxygen atoms in total. The first-order valence-electron chi connectivity index (χ1n) is 9.03. The topological polar surface area (TPSA) is 71.0 Å². The number of benzene rings is 1. The third-order valence-electron chi connectivity index (χ3n) is 5.27. The van der Waals surface area contributed by atoms with Gasteiger partial charge in [-0.3, -0.25) is 4.79 Å². The Morgan fingerprint density at radius 2 is 2.00 bits per heavy atom. The molecule has 2 N–H and O–H groups in total. The van der Waals surface area contributed by atoms with Crippen molar-refractivity contribution in [2.24, 2.45) is 5.92 Å². The molecule has 0 aliphatic carbocycles. The summed E-state index contributed by atoms with van der Waals surface area (Å²) in [6.07, 6.45) is 1.47. The highest BCUT2D eigenvalue weighted by Crippen LogP contribution is 2.21. The van der Waals surface area contributed by atoms with Gasteiger partial charge in [-0.25, -0.2) is 0 Å². The summed E-state index contributed by atoms with van der Waals surface area (Å²) in [5, 5.41) is 13.4. The van der Waals surface area contributed by atoms with Crippen LogP contribution in [0.2, 0.25) is 0 Å². The number of aliphatic hydroxyl groups is 1. The third kappa shape index (κ3) is 4.51. The highest BCUT2D eigenvalue weighted by atomic mass is 16.5. The van der Waals surface area contributed by atoms with Crippen molar-refractivity contribution in [3.05, 3.63) is 29.8 Å². The number of carbonyl (C=O) groups is 1. The first-order chi connectivity index (χ1) is 12.1. The highest BCUT2D eigenvalue weighted by molar-refractivity contribution is 5.94. The van der Waals surface area contributed by atoms with E-state index in [0.717, 1.165) is 25.6 Å². The Labute approximate surface area is 149 Å². The minimum atomic E-state index is -0.679. The Hall–Kier alpha value is -1.63. The van der Waals surface area contributed by atoms with E-state index in [1.165, 1.54) is 12.8 Å². The van der Waals surface area contributed by atoms with Gasteiger partial charge in [0, 0.05) is 12.1 Å². The molecule has 0 radical (unpaired) electrons. The van der Waals surface area contributed by atoms with E-state index < -0.39 is 6.10 Å². The molecule has 3 rings (SSSR count). The van der Waals surface area contributed by atoms with Crippen molar-refractivity contribution in [1.29, 1.82) is 0 Å². The lowest BCUT2D eigenvalue weighted by Gasteiger charge is -2.32. The Kier molecular flexibility index (Phi) is 5.93. The summed E-state index contributed by atoms with van der Waals surface area (Å²) in [5.74, 6) is 1.28. The monoisotopic (exact) mass is 348 g/mol. The van der Waals surface area contributed by atoms with Gasteiger partial charge in [0.15, 0.2) is 0 Å². The Morgan fingerprint density at radius 3 is 2.64 bits per heavy atom. The van der Waals surface area contributed by atoms with Crippen LogP contribution in [0.25, 0.3) is 0 Å². The van der Waals surface area contributed by atoms with Gasteiger partial charge in [0.1, 0.15) is 11.9 Å². The van der Waals surface area contributed by atoms with Crippen LogP contribution in [0.15, 0.2) is 24.3 Å². The number of rotatable bonds is 5. The molecule has 1 amide bonds. The number of nitrogens with one attached hydrogen (secondary N) is 1. The van der Waals surface area contributed by atoms with E-state index in [1.54, 1.807) is 31.4 Å². The summed E-state index contributed by atoms with van der Waals surface area (Å²) in [6.45, 7) is 5.46. The molecule has 0 bridgehead atoms. The number of amides is 1.